The Hall–Kier alpha value is -2.92. The van der Waals surface area contributed by atoms with Crippen molar-refractivity contribution in [1.82, 2.24) is 4.98 Å². The van der Waals surface area contributed by atoms with Gasteiger partial charge in [-0.2, -0.15) is 0 Å². The molecule has 1 heterocycles. The van der Waals surface area contributed by atoms with E-state index in [9.17, 15) is 4.21 Å². The SMILES string of the molecule is COc1ccc(C=C(c2ccncc2)[S@](=O)c2ccc(C)cc2)cc1OC1CCCC1. The maximum Gasteiger partial charge on any atom is 0.162 e. The summed E-state index contributed by atoms with van der Waals surface area (Å²) in [4.78, 5) is 5.60. The second-order valence-electron chi connectivity index (χ2n) is 7.76. The Morgan fingerprint density at radius 1 is 1.00 bits per heavy atom. The van der Waals surface area contributed by atoms with Crippen LogP contribution in [0.4, 0.5) is 0 Å². The molecule has 4 rings (SSSR count). The van der Waals surface area contributed by atoms with Crippen molar-refractivity contribution >= 4 is 21.8 Å². The van der Waals surface area contributed by atoms with Crippen molar-refractivity contribution in [3.8, 4) is 11.5 Å². The van der Waals surface area contributed by atoms with Crippen molar-refractivity contribution < 1.29 is 13.7 Å². The van der Waals surface area contributed by atoms with Crippen LogP contribution in [-0.2, 0) is 10.8 Å². The molecule has 1 saturated carbocycles. The second kappa shape index (κ2) is 9.92. The van der Waals surface area contributed by atoms with E-state index in [0.29, 0.717) is 5.75 Å². The van der Waals surface area contributed by atoms with Gasteiger partial charge < -0.3 is 9.47 Å². The number of ether oxygens (including phenoxy) is 2. The molecule has 0 aliphatic heterocycles. The molecule has 1 fully saturated rings. The molecule has 0 amide bonds. The highest BCUT2D eigenvalue weighted by Gasteiger charge is 2.19. The molecular formula is C26H27NO3S. The molecule has 0 saturated heterocycles. The zero-order chi connectivity index (χ0) is 21.6. The topological polar surface area (TPSA) is 48.4 Å². The first-order valence-corrected chi connectivity index (χ1v) is 11.7. The van der Waals surface area contributed by atoms with Gasteiger partial charge in [0.25, 0.3) is 0 Å². The van der Waals surface area contributed by atoms with Gasteiger partial charge in [-0.05, 0) is 86.2 Å². The van der Waals surface area contributed by atoms with Gasteiger partial charge in [0.05, 0.1) is 28.9 Å². The number of rotatable bonds is 7. The van der Waals surface area contributed by atoms with Crippen LogP contribution in [0.1, 0.15) is 42.4 Å². The highest BCUT2D eigenvalue weighted by atomic mass is 32.2. The van der Waals surface area contributed by atoms with Crippen molar-refractivity contribution in [2.24, 2.45) is 0 Å². The van der Waals surface area contributed by atoms with Gasteiger partial charge in [-0.1, -0.05) is 23.8 Å². The lowest BCUT2D eigenvalue weighted by atomic mass is 10.1. The predicted molar refractivity (Wildman–Crippen MR) is 126 cm³/mol. The van der Waals surface area contributed by atoms with Crippen molar-refractivity contribution in [3.05, 3.63) is 83.7 Å². The highest BCUT2D eigenvalue weighted by Crippen LogP contribution is 2.34. The Labute approximate surface area is 186 Å². The second-order valence-corrected chi connectivity index (χ2v) is 9.21. The standard InChI is InChI=1S/C26H27NO3S/c1-19-7-10-23(11-8-19)31(28)26(21-13-15-27-16-14-21)18-20-9-12-24(29-2)25(17-20)30-22-5-3-4-6-22/h7-18,22H,3-6H2,1-2H3/t31-/m1/s1. The smallest absolute Gasteiger partial charge is 0.162 e. The summed E-state index contributed by atoms with van der Waals surface area (Å²) in [7, 11) is 0.317. The molecule has 3 aromatic rings. The van der Waals surface area contributed by atoms with Crippen LogP contribution in [0.15, 0.2) is 71.9 Å². The van der Waals surface area contributed by atoms with E-state index in [-0.39, 0.29) is 6.10 Å². The molecule has 1 aliphatic carbocycles. The monoisotopic (exact) mass is 433 g/mol. The summed E-state index contributed by atoms with van der Waals surface area (Å²) in [6.45, 7) is 2.02. The zero-order valence-electron chi connectivity index (χ0n) is 17.9. The molecule has 4 nitrogen and oxygen atoms in total. The largest absolute Gasteiger partial charge is 0.493 e. The van der Waals surface area contributed by atoms with Crippen LogP contribution in [0.25, 0.3) is 11.0 Å². The first-order chi connectivity index (χ1) is 15.1. The minimum atomic E-state index is -1.34. The molecule has 0 spiro atoms. The molecule has 31 heavy (non-hydrogen) atoms. The Balaban J connectivity index is 1.73. The lowest BCUT2D eigenvalue weighted by Gasteiger charge is -2.16. The fraction of sp³-hybridized carbons (Fsp3) is 0.269. The summed E-state index contributed by atoms with van der Waals surface area (Å²) < 4.78 is 25.3. The van der Waals surface area contributed by atoms with Gasteiger partial charge in [0, 0.05) is 17.3 Å². The van der Waals surface area contributed by atoms with Crippen LogP contribution in [0, 0.1) is 6.92 Å². The number of benzene rings is 2. The van der Waals surface area contributed by atoms with E-state index >= 15 is 0 Å². The van der Waals surface area contributed by atoms with Crippen molar-refractivity contribution in [2.75, 3.05) is 7.11 Å². The molecule has 0 unspecified atom stereocenters. The van der Waals surface area contributed by atoms with Crippen molar-refractivity contribution in [3.63, 3.8) is 0 Å². The fourth-order valence-electron chi connectivity index (χ4n) is 3.76. The fourth-order valence-corrected chi connectivity index (χ4v) is 4.99. The van der Waals surface area contributed by atoms with Crippen molar-refractivity contribution in [1.29, 1.82) is 0 Å². The van der Waals surface area contributed by atoms with E-state index in [4.69, 9.17) is 9.47 Å². The van der Waals surface area contributed by atoms with Crippen LogP contribution < -0.4 is 9.47 Å². The maximum absolute atomic E-state index is 13.5. The zero-order valence-corrected chi connectivity index (χ0v) is 18.7. The van der Waals surface area contributed by atoms with E-state index < -0.39 is 10.8 Å². The van der Waals surface area contributed by atoms with Gasteiger partial charge in [-0.3, -0.25) is 4.98 Å². The molecule has 0 bridgehead atoms. The van der Waals surface area contributed by atoms with E-state index in [1.807, 2.05) is 67.6 Å². The third kappa shape index (κ3) is 5.23. The van der Waals surface area contributed by atoms with Gasteiger partial charge in [-0.25, -0.2) is 4.21 Å². The molecule has 1 aliphatic rings. The van der Waals surface area contributed by atoms with Gasteiger partial charge >= 0.3 is 0 Å². The summed E-state index contributed by atoms with van der Waals surface area (Å²) in [6.07, 6.45) is 10.2. The molecule has 2 aromatic carbocycles. The van der Waals surface area contributed by atoms with Gasteiger partial charge in [0.2, 0.25) is 0 Å². The van der Waals surface area contributed by atoms with E-state index in [2.05, 4.69) is 4.98 Å². The molecule has 1 aromatic heterocycles. The minimum absolute atomic E-state index is 0.231. The number of hydrogen-bond acceptors (Lipinski definition) is 4. The predicted octanol–water partition coefficient (Wildman–Crippen LogP) is 6.03. The Kier molecular flexibility index (Phi) is 6.82. The molecule has 1 atom stereocenters. The maximum atomic E-state index is 13.5. The molecule has 160 valence electrons. The summed E-state index contributed by atoms with van der Waals surface area (Å²) >= 11 is 0. The van der Waals surface area contributed by atoms with Crippen LogP contribution in [-0.4, -0.2) is 22.4 Å². The first-order valence-electron chi connectivity index (χ1n) is 10.6. The summed E-state index contributed by atoms with van der Waals surface area (Å²) in [5.41, 5.74) is 2.93. The average Bonchev–Trinajstić information content (AvgIpc) is 3.31. The van der Waals surface area contributed by atoms with Gasteiger partial charge in [-0.15, -0.1) is 0 Å². The third-order valence-corrected chi connectivity index (χ3v) is 6.93. The number of methoxy groups -OCH3 is 1. The number of aryl methyl sites for hydroxylation is 1. The minimum Gasteiger partial charge on any atom is -0.493 e. The number of hydrogen-bond donors (Lipinski definition) is 0. The van der Waals surface area contributed by atoms with Crippen molar-refractivity contribution in [2.45, 2.75) is 43.6 Å². The number of pyridine rings is 1. The normalized spacial score (nSPS) is 15.6. The summed E-state index contributed by atoms with van der Waals surface area (Å²) in [5, 5.41) is 0. The van der Waals surface area contributed by atoms with Gasteiger partial charge in [0.15, 0.2) is 11.5 Å². The number of nitrogens with zero attached hydrogens (tertiary/aromatic N) is 1. The number of aromatic nitrogens is 1. The third-order valence-electron chi connectivity index (χ3n) is 5.48. The van der Waals surface area contributed by atoms with Crippen LogP contribution >= 0.6 is 0 Å². The Morgan fingerprint density at radius 2 is 1.71 bits per heavy atom. The molecule has 0 N–H and O–H groups in total. The van der Waals surface area contributed by atoms with E-state index in [1.165, 1.54) is 12.8 Å². The highest BCUT2D eigenvalue weighted by molar-refractivity contribution is 7.94. The van der Waals surface area contributed by atoms with E-state index in [1.54, 1.807) is 19.5 Å². The van der Waals surface area contributed by atoms with Crippen LogP contribution in [0.5, 0.6) is 11.5 Å². The first kappa shape index (κ1) is 21.3. The summed E-state index contributed by atoms with van der Waals surface area (Å²) in [6, 6.07) is 17.4. The lowest BCUT2D eigenvalue weighted by molar-refractivity contribution is 0.201. The van der Waals surface area contributed by atoms with E-state index in [0.717, 1.165) is 45.1 Å². The molecule has 0 radical (unpaired) electrons. The lowest BCUT2D eigenvalue weighted by Crippen LogP contribution is -2.11. The Morgan fingerprint density at radius 3 is 2.39 bits per heavy atom. The van der Waals surface area contributed by atoms with Gasteiger partial charge in [0.1, 0.15) is 0 Å². The van der Waals surface area contributed by atoms with Crippen LogP contribution in [0.3, 0.4) is 0 Å². The van der Waals surface area contributed by atoms with Crippen LogP contribution in [0.2, 0.25) is 0 Å². The molecule has 5 heteroatoms. The quantitative estimate of drug-likeness (QED) is 0.457. The molecular weight excluding hydrogens is 406 g/mol. The Bertz CT molecular complexity index is 1070. The summed E-state index contributed by atoms with van der Waals surface area (Å²) in [5.74, 6) is 1.45. The average molecular weight is 434 g/mol.